The van der Waals surface area contributed by atoms with Gasteiger partial charge in [-0.3, -0.25) is 9.59 Å². The molecule has 0 aliphatic carbocycles. The van der Waals surface area contributed by atoms with E-state index in [9.17, 15) is 18.0 Å². The highest BCUT2D eigenvalue weighted by atomic mass is 32.2. The van der Waals surface area contributed by atoms with Crippen LogP contribution in [0.2, 0.25) is 0 Å². The molecular formula is C23H32N6O5S. The summed E-state index contributed by atoms with van der Waals surface area (Å²) in [6.07, 6.45) is 1.44. The van der Waals surface area contributed by atoms with Crippen LogP contribution in [-0.4, -0.2) is 64.5 Å². The van der Waals surface area contributed by atoms with Crippen molar-refractivity contribution in [3.05, 3.63) is 40.1 Å². The van der Waals surface area contributed by atoms with E-state index in [1.807, 2.05) is 6.92 Å². The summed E-state index contributed by atoms with van der Waals surface area (Å²) < 4.78 is 35.2. The Morgan fingerprint density at radius 1 is 1.29 bits per heavy atom. The number of hydrogen-bond acceptors (Lipinski definition) is 7. The van der Waals surface area contributed by atoms with Crippen LogP contribution < -0.4 is 15.6 Å². The number of rotatable bonds is 9. The highest BCUT2D eigenvalue weighted by Gasteiger charge is 2.39. The lowest BCUT2D eigenvalue weighted by molar-refractivity contribution is -0.128. The van der Waals surface area contributed by atoms with E-state index < -0.39 is 27.0 Å². The number of sulfonamides is 1. The highest BCUT2D eigenvalue weighted by molar-refractivity contribution is 7.89. The van der Waals surface area contributed by atoms with Crippen molar-refractivity contribution in [3.8, 4) is 17.1 Å². The molecule has 0 fully saturated rings. The van der Waals surface area contributed by atoms with Gasteiger partial charge in [-0.2, -0.15) is 4.31 Å². The maximum atomic E-state index is 13.5. The van der Waals surface area contributed by atoms with Crippen molar-refractivity contribution in [3.63, 3.8) is 0 Å². The number of hydrogen-bond donors (Lipinski definition) is 2. The van der Waals surface area contributed by atoms with Crippen LogP contribution in [0, 0.1) is 6.92 Å². The normalized spacial score (nSPS) is 12.3. The van der Waals surface area contributed by atoms with Crippen molar-refractivity contribution < 1.29 is 17.9 Å². The fourth-order valence-corrected chi connectivity index (χ4v) is 5.29. The Bertz CT molecular complexity index is 1420. The minimum Gasteiger partial charge on any atom is -0.493 e. The van der Waals surface area contributed by atoms with Crippen molar-refractivity contribution in [1.82, 2.24) is 29.2 Å². The molecular weight excluding hydrogens is 472 g/mol. The number of H-pyrrole nitrogens is 1. The molecule has 0 radical (unpaired) electrons. The van der Waals surface area contributed by atoms with Crippen molar-refractivity contribution >= 4 is 21.4 Å². The Morgan fingerprint density at radius 3 is 2.57 bits per heavy atom. The Kier molecular flexibility index (Phi) is 7.37. The first kappa shape index (κ1) is 26.4. The smallest absolute Gasteiger partial charge is 0.277 e. The molecule has 3 rings (SSSR count). The first-order chi connectivity index (χ1) is 16.4. The van der Waals surface area contributed by atoms with Crippen LogP contribution in [0.5, 0.6) is 5.75 Å². The number of carbonyl (C=O) groups excluding carboxylic acids is 1. The number of likely N-dealkylation sites (N-methyl/N-ethyl adjacent to an activating group) is 2. The molecule has 0 atom stereocenters. The fraction of sp³-hybridized carbons (Fsp3) is 0.478. The summed E-state index contributed by atoms with van der Waals surface area (Å²) in [6, 6.07) is 4.31. The van der Waals surface area contributed by atoms with Crippen molar-refractivity contribution in [2.45, 2.75) is 57.9 Å². The lowest BCUT2D eigenvalue weighted by atomic mass is 10.1. The third-order valence-corrected chi connectivity index (χ3v) is 7.98. The molecule has 0 unspecified atom stereocenters. The molecule has 1 amide bonds. The average molecular weight is 505 g/mol. The monoisotopic (exact) mass is 504 g/mol. The second-order valence-electron chi connectivity index (χ2n) is 8.63. The first-order valence-corrected chi connectivity index (χ1v) is 12.8. The van der Waals surface area contributed by atoms with Crippen LogP contribution in [0.1, 0.15) is 45.6 Å². The number of nitrogens with zero attached hydrogens (tertiary/aromatic N) is 4. The number of carbonyl (C=O) groups is 1. The van der Waals surface area contributed by atoms with Gasteiger partial charge in [0.25, 0.3) is 5.56 Å². The molecule has 3 aromatic rings. The number of imidazole rings is 1. The molecule has 0 spiro atoms. The van der Waals surface area contributed by atoms with E-state index in [2.05, 4.69) is 20.4 Å². The zero-order valence-corrected chi connectivity index (χ0v) is 21.9. The zero-order valence-electron chi connectivity index (χ0n) is 21.1. The van der Waals surface area contributed by atoms with Crippen LogP contribution in [0.4, 0.5) is 0 Å². The predicted molar refractivity (Wildman–Crippen MR) is 132 cm³/mol. The van der Waals surface area contributed by atoms with Gasteiger partial charge in [-0.15, -0.1) is 5.10 Å². The van der Waals surface area contributed by atoms with Gasteiger partial charge in [-0.1, -0.05) is 6.92 Å². The molecule has 12 heteroatoms. The summed E-state index contributed by atoms with van der Waals surface area (Å²) in [5.41, 5.74) is -0.539. The predicted octanol–water partition coefficient (Wildman–Crippen LogP) is 1.89. The molecule has 2 N–H and O–H groups in total. The molecule has 0 aliphatic rings. The van der Waals surface area contributed by atoms with E-state index in [0.717, 1.165) is 10.7 Å². The summed E-state index contributed by atoms with van der Waals surface area (Å²) in [7, 11) is -1.31. The van der Waals surface area contributed by atoms with E-state index >= 15 is 0 Å². The number of aryl methyl sites for hydroxylation is 2. The van der Waals surface area contributed by atoms with Crippen LogP contribution in [0.3, 0.4) is 0 Å². The number of fused-ring (bicyclic) bond motifs is 1. The number of aromatic nitrogens is 4. The number of benzene rings is 1. The molecule has 2 heterocycles. The van der Waals surface area contributed by atoms with Crippen LogP contribution in [0.25, 0.3) is 16.9 Å². The minimum absolute atomic E-state index is 0.0752. The second-order valence-corrected chi connectivity index (χ2v) is 10.6. The van der Waals surface area contributed by atoms with Gasteiger partial charge in [0.05, 0.1) is 22.8 Å². The van der Waals surface area contributed by atoms with E-state index in [1.54, 1.807) is 13.8 Å². The molecule has 0 saturated heterocycles. The molecule has 0 bridgehead atoms. The summed E-state index contributed by atoms with van der Waals surface area (Å²) in [5, 5.41) is 7.08. The SMILES string of the molecule is CCCc1nc(C)c2c(=O)[nH]c(-c3cc(S(=O)(=O)N(C)C(C)(C)C(=O)NC)ccc3OCC)nn12. The largest absolute Gasteiger partial charge is 0.493 e. The van der Waals surface area contributed by atoms with E-state index in [1.165, 1.54) is 50.7 Å². The summed E-state index contributed by atoms with van der Waals surface area (Å²) in [5.74, 6) is 0.688. The topological polar surface area (TPSA) is 139 Å². The maximum Gasteiger partial charge on any atom is 0.277 e. The summed E-state index contributed by atoms with van der Waals surface area (Å²) >= 11 is 0. The van der Waals surface area contributed by atoms with Gasteiger partial charge < -0.3 is 15.0 Å². The number of ether oxygens (including phenoxy) is 1. The summed E-state index contributed by atoms with van der Waals surface area (Å²) in [6.45, 7) is 8.90. The van der Waals surface area contributed by atoms with Gasteiger partial charge in [-0.05, 0) is 52.3 Å². The van der Waals surface area contributed by atoms with Crippen molar-refractivity contribution in [1.29, 1.82) is 0 Å². The van der Waals surface area contributed by atoms with Crippen molar-refractivity contribution in [2.75, 3.05) is 20.7 Å². The van der Waals surface area contributed by atoms with E-state index in [4.69, 9.17) is 4.74 Å². The Labute approximate surface area is 204 Å². The van der Waals surface area contributed by atoms with Gasteiger partial charge in [0, 0.05) is 20.5 Å². The Balaban J connectivity index is 2.23. The standard InChI is InChI=1S/C23H32N6O5S/c1-8-10-18-25-14(3)19-21(30)26-20(27-29(18)19)16-13-15(11-12-17(16)34-9-2)35(32,33)28(7)23(4,5)22(31)24-6/h11-13H,8-10H2,1-7H3,(H,24,31)(H,26,27,30). The highest BCUT2D eigenvalue weighted by Crippen LogP contribution is 2.32. The van der Waals surface area contributed by atoms with Gasteiger partial charge >= 0.3 is 0 Å². The lowest BCUT2D eigenvalue weighted by Gasteiger charge is -2.32. The van der Waals surface area contributed by atoms with Crippen molar-refractivity contribution in [2.24, 2.45) is 0 Å². The van der Waals surface area contributed by atoms with E-state index in [0.29, 0.717) is 41.4 Å². The summed E-state index contributed by atoms with van der Waals surface area (Å²) in [4.78, 5) is 32.4. The third kappa shape index (κ3) is 4.67. The number of nitrogens with one attached hydrogen (secondary N) is 2. The lowest BCUT2D eigenvalue weighted by Crippen LogP contribution is -2.54. The molecule has 0 saturated carbocycles. The molecule has 2 aromatic heterocycles. The second kappa shape index (κ2) is 9.78. The van der Waals surface area contributed by atoms with E-state index in [-0.39, 0.29) is 10.7 Å². The van der Waals surface area contributed by atoms with Gasteiger partial charge in [-0.25, -0.2) is 17.9 Å². The van der Waals surface area contributed by atoms with Crippen LogP contribution in [-0.2, 0) is 21.2 Å². The number of amides is 1. The molecule has 11 nitrogen and oxygen atoms in total. The Morgan fingerprint density at radius 2 is 1.97 bits per heavy atom. The Hall–Kier alpha value is -3.25. The van der Waals surface area contributed by atoms with Gasteiger partial charge in [0.1, 0.15) is 17.1 Å². The minimum atomic E-state index is -4.10. The molecule has 0 aliphatic heterocycles. The van der Waals surface area contributed by atoms with Crippen LogP contribution >= 0.6 is 0 Å². The molecule has 190 valence electrons. The number of aromatic amines is 1. The molecule has 1 aromatic carbocycles. The quantitative estimate of drug-likeness (QED) is 0.454. The zero-order chi connectivity index (χ0) is 26.1. The average Bonchev–Trinajstić information content (AvgIpc) is 3.13. The first-order valence-electron chi connectivity index (χ1n) is 11.4. The molecule has 35 heavy (non-hydrogen) atoms. The van der Waals surface area contributed by atoms with Crippen LogP contribution in [0.15, 0.2) is 27.9 Å². The third-order valence-electron chi connectivity index (χ3n) is 5.95. The fourth-order valence-electron chi connectivity index (χ4n) is 3.79. The van der Waals surface area contributed by atoms with Gasteiger partial charge in [0.2, 0.25) is 15.9 Å². The van der Waals surface area contributed by atoms with Gasteiger partial charge in [0.15, 0.2) is 11.3 Å². The maximum absolute atomic E-state index is 13.5.